The number of fused-ring (bicyclic) bond motifs is 1. The zero-order valence-corrected chi connectivity index (χ0v) is 32.6. The lowest BCUT2D eigenvalue weighted by Gasteiger charge is -2.18. The van der Waals surface area contributed by atoms with E-state index in [4.69, 9.17) is 0 Å². The van der Waals surface area contributed by atoms with E-state index in [0.717, 1.165) is 87.6 Å². The van der Waals surface area contributed by atoms with Crippen LogP contribution < -0.4 is 16.6 Å². The summed E-state index contributed by atoms with van der Waals surface area (Å²) in [4.78, 5) is 58.2. The van der Waals surface area contributed by atoms with Crippen molar-refractivity contribution >= 4 is 22.9 Å². The molecule has 53 heavy (non-hydrogen) atoms. The normalized spacial score (nSPS) is 12.0. The monoisotopic (exact) mass is 725 g/mol. The van der Waals surface area contributed by atoms with E-state index in [1.54, 1.807) is 11.6 Å². The van der Waals surface area contributed by atoms with Crippen LogP contribution in [0.25, 0.3) is 11.2 Å². The molecule has 0 aliphatic heterocycles. The highest BCUT2D eigenvalue weighted by molar-refractivity contribution is 5.99. The van der Waals surface area contributed by atoms with Gasteiger partial charge in [-0.3, -0.25) is 23.9 Å². The first kappa shape index (κ1) is 41.5. The smallest absolute Gasteiger partial charge is 0.329 e. The summed E-state index contributed by atoms with van der Waals surface area (Å²) in [6.07, 6.45) is 22.6. The average molecular weight is 726 g/mol. The summed E-state index contributed by atoms with van der Waals surface area (Å²) in [6.45, 7) is 2.59. The number of H-pyrrole nitrogens is 1. The summed E-state index contributed by atoms with van der Waals surface area (Å²) < 4.78 is 3.17. The number of Topliss-reactive ketones (excluding diaryl/α,β-unsaturated/α-hetero) is 1. The number of hydrogen-bond acceptors (Lipinski definition) is 5. The number of unbranched alkanes of at least 4 members (excludes halogenated alkanes) is 15. The van der Waals surface area contributed by atoms with Crippen LogP contribution in [0.15, 0.2) is 64.2 Å². The highest BCUT2D eigenvalue weighted by atomic mass is 16.2. The topological polar surface area (TPSA) is 119 Å². The van der Waals surface area contributed by atoms with E-state index in [0.29, 0.717) is 23.3 Å². The largest absolute Gasteiger partial charge is 0.351 e. The summed E-state index contributed by atoms with van der Waals surface area (Å²) in [7, 11) is 3.44. The first-order chi connectivity index (χ1) is 25.8. The second-order valence-corrected chi connectivity index (χ2v) is 14.8. The highest BCUT2D eigenvalue weighted by Crippen LogP contribution is 2.20. The Hall–Kier alpha value is -4.27. The van der Waals surface area contributed by atoms with Crippen LogP contribution in [0.2, 0.25) is 0 Å². The maximum absolute atomic E-state index is 13.6. The molecular weight excluding hydrogens is 663 g/mol. The molecule has 288 valence electrons. The van der Waals surface area contributed by atoms with Gasteiger partial charge in [0.25, 0.3) is 11.5 Å². The molecule has 2 N–H and O–H groups in total. The van der Waals surface area contributed by atoms with Crippen LogP contribution in [-0.2, 0) is 26.9 Å². The summed E-state index contributed by atoms with van der Waals surface area (Å²) in [5.41, 5.74) is 2.50. The minimum atomic E-state index is -0.455. The number of hydrogen-bond donors (Lipinski definition) is 2. The molecule has 4 aromatic rings. The molecule has 1 amide bonds. The quantitative estimate of drug-likeness (QED) is 0.0495. The number of rotatable bonds is 26. The van der Waals surface area contributed by atoms with Gasteiger partial charge in [-0.05, 0) is 37.3 Å². The van der Waals surface area contributed by atoms with E-state index in [2.05, 4.69) is 28.3 Å². The van der Waals surface area contributed by atoms with Crippen molar-refractivity contribution in [3.63, 3.8) is 0 Å². The van der Waals surface area contributed by atoms with Crippen LogP contribution in [-0.4, -0.2) is 37.3 Å². The Kier molecular flexibility index (Phi) is 17.8. The number of aromatic nitrogens is 4. The number of nitrogens with one attached hydrogen (secondary N) is 2. The average Bonchev–Trinajstić information content (AvgIpc) is 3.51. The fourth-order valence-corrected chi connectivity index (χ4v) is 7.37. The predicted octanol–water partition coefficient (Wildman–Crippen LogP) is 9.02. The lowest BCUT2D eigenvalue weighted by atomic mass is 9.91. The van der Waals surface area contributed by atoms with Gasteiger partial charge < -0.3 is 9.88 Å². The molecule has 2 aromatic heterocycles. The zero-order valence-electron chi connectivity index (χ0n) is 32.6. The van der Waals surface area contributed by atoms with Gasteiger partial charge in [-0.25, -0.2) is 9.78 Å². The summed E-state index contributed by atoms with van der Waals surface area (Å²) in [5.74, 6) is 0.544. The molecule has 0 saturated carbocycles. The molecular formula is C44H63N5O4. The van der Waals surface area contributed by atoms with Crippen LogP contribution in [0.1, 0.15) is 155 Å². The number of ketones is 1. The van der Waals surface area contributed by atoms with Crippen molar-refractivity contribution in [2.75, 3.05) is 6.54 Å². The Morgan fingerprint density at radius 1 is 0.698 bits per heavy atom. The van der Waals surface area contributed by atoms with Gasteiger partial charge in [-0.2, -0.15) is 0 Å². The minimum Gasteiger partial charge on any atom is -0.351 e. The molecule has 0 aliphatic rings. The third kappa shape index (κ3) is 13.0. The second kappa shape index (κ2) is 22.7. The van der Waals surface area contributed by atoms with Gasteiger partial charge in [0.2, 0.25) is 0 Å². The Labute approximate surface area is 316 Å². The molecule has 0 aliphatic carbocycles. The van der Waals surface area contributed by atoms with E-state index in [9.17, 15) is 19.2 Å². The maximum atomic E-state index is 13.6. The van der Waals surface area contributed by atoms with Crippen LogP contribution in [0, 0.1) is 5.92 Å². The molecule has 4 rings (SSSR count). The van der Waals surface area contributed by atoms with Crippen LogP contribution in [0.5, 0.6) is 0 Å². The third-order valence-corrected chi connectivity index (χ3v) is 10.7. The van der Waals surface area contributed by atoms with Crippen LogP contribution in [0.3, 0.4) is 0 Å². The van der Waals surface area contributed by atoms with Crippen molar-refractivity contribution in [1.29, 1.82) is 0 Å². The van der Waals surface area contributed by atoms with Gasteiger partial charge in [-0.1, -0.05) is 152 Å². The highest BCUT2D eigenvalue weighted by Gasteiger charge is 2.22. The third-order valence-electron chi connectivity index (χ3n) is 10.7. The molecule has 0 radical (unpaired) electrons. The van der Waals surface area contributed by atoms with Crippen molar-refractivity contribution in [1.82, 2.24) is 24.4 Å². The van der Waals surface area contributed by atoms with Crippen molar-refractivity contribution in [3.05, 3.63) is 98.0 Å². The molecule has 9 heteroatoms. The van der Waals surface area contributed by atoms with E-state index < -0.39 is 11.2 Å². The number of carbonyl (C=O) groups is 2. The van der Waals surface area contributed by atoms with Gasteiger partial charge in [0.15, 0.2) is 16.9 Å². The molecule has 1 unspecified atom stereocenters. The molecule has 2 heterocycles. The van der Waals surface area contributed by atoms with Gasteiger partial charge in [-0.15, -0.1) is 0 Å². The number of aryl methyl sites for hydroxylation is 4. The standard InChI is InChI=1S/C44H63N5O4/c1-4-5-6-7-8-9-10-12-15-19-26-34-27-24-25-31-37(34)42(51)45-33-36(40(50)35-28-21-18-22-29-35)30-20-16-13-11-14-17-23-32-38-46-41-39(48(38)2)43(52)47-44(53)49(41)3/h18,21-22,24-25,27-29,31,36H,4-17,19-20,23,26,30,32-33H2,1-3H3,(H,45,51)(H,47,52,53). The number of amides is 1. The maximum Gasteiger partial charge on any atom is 0.329 e. The molecule has 0 bridgehead atoms. The van der Waals surface area contributed by atoms with Gasteiger partial charge >= 0.3 is 5.69 Å². The van der Waals surface area contributed by atoms with Crippen molar-refractivity contribution in [2.45, 2.75) is 135 Å². The van der Waals surface area contributed by atoms with Gasteiger partial charge in [0, 0.05) is 44.1 Å². The molecule has 0 spiro atoms. The van der Waals surface area contributed by atoms with Crippen molar-refractivity contribution in [2.24, 2.45) is 20.0 Å². The van der Waals surface area contributed by atoms with E-state index in [1.807, 2.05) is 55.6 Å². The predicted molar refractivity (Wildman–Crippen MR) is 216 cm³/mol. The van der Waals surface area contributed by atoms with Crippen LogP contribution >= 0.6 is 0 Å². The van der Waals surface area contributed by atoms with E-state index in [-0.39, 0.29) is 17.6 Å². The first-order valence-electron chi connectivity index (χ1n) is 20.4. The molecule has 0 saturated heterocycles. The zero-order chi connectivity index (χ0) is 37.8. The minimum absolute atomic E-state index is 0.0898. The van der Waals surface area contributed by atoms with Gasteiger partial charge in [0.05, 0.1) is 0 Å². The van der Waals surface area contributed by atoms with Crippen molar-refractivity contribution < 1.29 is 9.59 Å². The Balaban J connectivity index is 1.18. The Morgan fingerprint density at radius 3 is 1.92 bits per heavy atom. The lowest BCUT2D eigenvalue weighted by Crippen LogP contribution is -2.33. The number of aromatic amines is 1. The van der Waals surface area contributed by atoms with E-state index in [1.165, 1.54) is 62.4 Å². The molecule has 0 fully saturated rings. The molecule has 9 nitrogen and oxygen atoms in total. The summed E-state index contributed by atoms with van der Waals surface area (Å²) in [6, 6.07) is 17.4. The van der Waals surface area contributed by atoms with Crippen molar-refractivity contribution in [3.8, 4) is 0 Å². The molecule has 1 atom stereocenters. The number of nitrogens with zero attached hydrogens (tertiary/aromatic N) is 3. The van der Waals surface area contributed by atoms with Gasteiger partial charge in [0.1, 0.15) is 5.82 Å². The fraction of sp³-hybridized carbons (Fsp3) is 0.568. The van der Waals surface area contributed by atoms with E-state index >= 15 is 0 Å². The second-order valence-electron chi connectivity index (χ2n) is 14.8. The SMILES string of the molecule is CCCCCCCCCCCCc1ccccc1C(=O)NCC(CCCCCCCCCc1nc2c(c(=O)[nH]c(=O)n2C)n1C)C(=O)c1ccccc1. The Morgan fingerprint density at radius 2 is 1.26 bits per heavy atom. The summed E-state index contributed by atoms with van der Waals surface area (Å²) in [5, 5.41) is 3.14. The van der Waals surface area contributed by atoms with Crippen LogP contribution in [0.4, 0.5) is 0 Å². The Bertz CT molecular complexity index is 1820. The lowest BCUT2D eigenvalue weighted by molar-refractivity contribution is 0.0885. The fourth-order valence-electron chi connectivity index (χ4n) is 7.37. The first-order valence-corrected chi connectivity index (χ1v) is 20.4. The molecule has 2 aromatic carbocycles. The number of imidazole rings is 1. The summed E-state index contributed by atoms with van der Waals surface area (Å²) >= 11 is 0. The number of carbonyl (C=O) groups excluding carboxylic acids is 2. The number of benzene rings is 2.